The van der Waals surface area contributed by atoms with Gasteiger partial charge in [0.15, 0.2) is 0 Å². The van der Waals surface area contributed by atoms with Crippen molar-refractivity contribution in [3.63, 3.8) is 0 Å². The number of esters is 1. The van der Waals surface area contributed by atoms with Crippen LogP contribution < -0.4 is 5.73 Å². The topological polar surface area (TPSA) is 117 Å². The molecule has 0 rings (SSSR count). The second kappa shape index (κ2) is 40.6. The summed E-state index contributed by atoms with van der Waals surface area (Å²) in [5, 5.41) is 0. The first kappa shape index (κ1) is 50.5. The Balaban J connectivity index is 4.07. The summed E-state index contributed by atoms with van der Waals surface area (Å²) in [6.07, 6.45) is 46.9. The predicted octanol–water partition coefficient (Wildman–Crippen LogP) is 12.4. The standard InChI is InChI=1S/C43H80NO7P/c1-3-5-7-9-11-13-15-17-19-21-22-24-26-28-30-32-34-36-43(45)51-42(41-50-52(46,47)49-39-37-44)40-48-38-35-33-31-29-27-25-23-20-18-16-14-12-10-8-6-4-2/h5,7,11,13,17-20,42H,3-4,6,8-10,12,14-16,21-41,44H2,1-2H3,(H,46,47)/b7-5-,13-11-,19-17-,20-18-. The van der Waals surface area contributed by atoms with Crippen molar-refractivity contribution in [1.29, 1.82) is 0 Å². The van der Waals surface area contributed by atoms with Gasteiger partial charge in [-0.1, -0.05) is 152 Å². The maximum Gasteiger partial charge on any atom is 0.472 e. The number of carbonyl (C=O) groups is 1. The molecule has 0 amide bonds. The Hall–Kier alpha value is -1.54. The van der Waals surface area contributed by atoms with Gasteiger partial charge in [0, 0.05) is 19.6 Å². The highest BCUT2D eigenvalue weighted by atomic mass is 31.2. The summed E-state index contributed by atoms with van der Waals surface area (Å²) in [4.78, 5) is 22.5. The molecule has 0 saturated heterocycles. The minimum Gasteiger partial charge on any atom is -0.457 e. The Morgan fingerprint density at radius 1 is 0.596 bits per heavy atom. The van der Waals surface area contributed by atoms with E-state index < -0.39 is 13.9 Å². The normalized spacial score (nSPS) is 14.0. The highest BCUT2D eigenvalue weighted by molar-refractivity contribution is 7.47. The Morgan fingerprint density at radius 2 is 1.08 bits per heavy atom. The van der Waals surface area contributed by atoms with E-state index in [0.717, 1.165) is 57.8 Å². The Morgan fingerprint density at radius 3 is 1.63 bits per heavy atom. The quantitative estimate of drug-likeness (QED) is 0.0275. The second-order valence-corrected chi connectivity index (χ2v) is 15.3. The van der Waals surface area contributed by atoms with Gasteiger partial charge < -0.3 is 20.1 Å². The van der Waals surface area contributed by atoms with Crippen molar-refractivity contribution >= 4 is 13.8 Å². The van der Waals surface area contributed by atoms with Gasteiger partial charge in [0.25, 0.3) is 0 Å². The lowest BCUT2D eigenvalue weighted by Crippen LogP contribution is -2.28. The van der Waals surface area contributed by atoms with E-state index in [4.69, 9.17) is 24.3 Å². The molecule has 0 spiro atoms. The third kappa shape index (κ3) is 39.7. The van der Waals surface area contributed by atoms with Gasteiger partial charge in [-0.15, -0.1) is 0 Å². The molecule has 3 N–H and O–H groups in total. The lowest BCUT2D eigenvalue weighted by Gasteiger charge is -2.20. The third-order valence-corrected chi connectivity index (χ3v) is 9.71. The van der Waals surface area contributed by atoms with Gasteiger partial charge in [0.05, 0.1) is 19.8 Å². The van der Waals surface area contributed by atoms with Crippen molar-refractivity contribution in [1.82, 2.24) is 0 Å². The molecule has 0 radical (unpaired) electrons. The monoisotopic (exact) mass is 754 g/mol. The number of allylic oxidation sites excluding steroid dienone is 8. The lowest BCUT2D eigenvalue weighted by molar-refractivity contribution is -0.154. The number of phosphoric ester groups is 1. The first-order valence-electron chi connectivity index (χ1n) is 21.1. The Kier molecular flexibility index (Phi) is 39.4. The van der Waals surface area contributed by atoms with Crippen LogP contribution in [-0.2, 0) is 27.9 Å². The summed E-state index contributed by atoms with van der Waals surface area (Å²) in [5.41, 5.74) is 5.36. The number of phosphoric acid groups is 1. The maximum atomic E-state index is 12.6. The summed E-state index contributed by atoms with van der Waals surface area (Å²) in [5.74, 6) is -0.343. The fraction of sp³-hybridized carbons (Fsp3) is 0.791. The molecule has 0 aromatic heterocycles. The maximum absolute atomic E-state index is 12.6. The molecule has 0 fully saturated rings. The van der Waals surface area contributed by atoms with Crippen LogP contribution in [-0.4, -0.2) is 49.9 Å². The number of ether oxygens (including phenoxy) is 2. The van der Waals surface area contributed by atoms with Crippen molar-refractivity contribution in [2.75, 3.05) is 33.0 Å². The van der Waals surface area contributed by atoms with E-state index in [9.17, 15) is 14.3 Å². The number of unbranched alkanes of at least 4 members (excludes halogenated alkanes) is 19. The molecule has 0 aliphatic rings. The molecule has 8 nitrogen and oxygen atoms in total. The third-order valence-electron chi connectivity index (χ3n) is 8.73. The molecule has 52 heavy (non-hydrogen) atoms. The van der Waals surface area contributed by atoms with E-state index in [1.54, 1.807) is 0 Å². The van der Waals surface area contributed by atoms with E-state index >= 15 is 0 Å². The molecule has 0 aromatic carbocycles. The average Bonchev–Trinajstić information content (AvgIpc) is 3.13. The molecule has 0 aromatic rings. The van der Waals surface area contributed by atoms with E-state index in [-0.39, 0.29) is 32.3 Å². The molecule has 0 saturated carbocycles. The van der Waals surface area contributed by atoms with Crippen LogP contribution in [0.15, 0.2) is 48.6 Å². The van der Waals surface area contributed by atoms with Crippen LogP contribution in [0.25, 0.3) is 0 Å². The largest absolute Gasteiger partial charge is 0.472 e. The molecule has 9 heteroatoms. The van der Waals surface area contributed by atoms with Crippen molar-refractivity contribution < 1.29 is 32.8 Å². The lowest BCUT2D eigenvalue weighted by atomic mass is 10.1. The zero-order valence-corrected chi connectivity index (χ0v) is 34.4. The van der Waals surface area contributed by atoms with Crippen LogP contribution in [0.2, 0.25) is 0 Å². The summed E-state index contributed by atoms with van der Waals surface area (Å²) in [6.45, 7) is 4.78. The fourth-order valence-electron chi connectivity index (χ4n) is 5.65. The molecule has 0 bridgehead atoms. The molecular formula is C43H80NO7P. The summed E-state index contributed by atoms with van der Waals surface area (Å²) in [6, 6.07) is 0. The molecule has 2 unspecified atom stereocenters. The van der Waals surface area contributed by atoms with Crippen molar-refractivity contribution in [3.8, 4) is 0 Å². The van der Waals surface area contributed by atoms with Crippen molar-refractivity contribution in [2.45, 2.75) is 187 Å². The van der Waals surface area contributed by atoms with E-state index in [1.807, 2.05) is 0 Å². The van der Waals surface area contributed by atoms with Crippen LogP contribution in [0.1, 0.15) is 181 Å². The zero-order valence-electron chi connectivity index (χ0n) is 33.5. The number of nitrogens with two attached hydrogens (primary N) is 1. The molecule has 0 aliphatic heterocycles. The first-order chi connectivity index (χ1) is 25.4. The first-order valence-corrected chi connectivity index (χ1v) is 22.6. The minimum absolute atomic E-state index is 0.0962. The highest BCUT2D eigenvalue weighted by Gasteiger charge is 2.25. The van der Waals surface area contributed by atoms with Gasteiger partial charge >= 0.3 is 13.8 Å². The van der Waals surface area contributed by atoms with Gasteiger partial charge in [-0.2, -0.15) is 0 Å². The van der Waals surface area contributed by atoms with Gasteiger partial charge in [0.2, 0.25) is 0 Å². The summed E-state index contributed by atoms with van der Waals surface area (Å²) in [7, 11) is -4.28. The number of hydrogen-bond acceptors (Lipinski definition) is 7. The summed E-state index contributed by atoms with van der Waals surface area (Å²) < 4.78 is 33.4. The number of rotatable bonds is 40. The van der Waals surface area contributed by atoms with Crippen LogP contribution in [0.4, 0.5) is 0 Å². The smallest absolute Gasteiger partial charge is 0.457 e. The SMILES string of the molecule is CC/C=C\C/C=C\C/C=C\CCCCCCCCCC(=O)OC(COCCCCCCCC/C=C\CCCCCCCC)COP(=O)(O)OCCN. The van der Waals surface area contributed by atoms with E-state index in [0.29, 0.717) is 13.0 Å². The van der Waals surface area contributed by atoms with Crippen LogP contribution >= 0.6 is 7.82 Å². The van der Waals surface area contributed by atoms with Gasteiger partial charge in [-0.05, 0) is 70.6 Å². The van der Waals surface area contributed by atoms with Crippen molar-refractivity contribution in [3.05, 3.63) is 48.6 Å². The minimum atomic E-state index is -4.28. The van der Waals surface area contributed by atoms with Gasteiger partial charge in [-0.3, -0.25) is 13.8 Å². The highest BCUT2D eigenvalue weighted by Crippen LogP contribution is 2.43. The zero-order chi connectivity index (χ0) is 38.1. The predicted molar refractivity (Wildman–Crippen MR) is 219 cm³/mol. The molecule has 0 aliphatic carbocycles. The van der Waals surface area contributed by atoms with Crippen LogP contribution in [0.5, 0.6) is 0 Å². The van der Waals surface area contributed by atoms with Crippen molar-refractivity contribution in [2.24, 2.45) is 5.73 Å². The van der Waals surface area contributed by atoms with Crippen LogP contribution in [0.3, 0.4) is 0 Å². The molecular weight excluding hydrogens is 673 g/mol. The Bertz CT molecular complexity index is 936. The van der Waals surface area contributed by atoms with Crippen LogP contribution in [0, 0.1) is 0 Å². The fourth-order valence-corrected chi connectivity index (χ4v) is 6.42. The van der Waals surface area contributed by atoms with E-state index in [2.05, 4.69) is 62.5 Å². The van der Waals surface area contributed by atoms with E-state index in [1.165, 1.54) is 103 Å². The average molecular weight is 754 g/mol. The number of carbonyl (C=O) groups excluding carboxylic acids is 1. The Labute approximate surface area is 320 Å². The molecule has 304 valence electrons. The van der Waals surface area contributed by atoms with Gasteiger partial charge in [0.1, 0.15) is 6.10 Å². The molecule has 0 heterocycles. The van der Waals surface area contributed by atoms with Gasteiger partial charge in [-0.25, -0.2) is 4.57 Å². The summed E-state index contributed by atoms with van der Waals surface area (Å²) >= 11 is 0. The number of hydrogen-bond donors (Lipinski definition) is 2. The second-order valence-electron chi connectivity index (χ2n) is 13.8. The molecule has 2 atom stereocenters.